The zero-order valence-electron chi connectivity index (χ0n) is 7.18. The number of carbonyl (C=O) groups is 1. The van der Waals surface area contributed by atoms with Crippen molar-refractivity contribution in [2.24, 2.45) is 5.73 Å². The third-order valence-electron chi connectivity index (χ3n) is 1.56. The Balaban J connectivity index is 2.95. The molecule has 1 aromatic rings. The molecule has 1 rings (SSSR count). The summed E-state index contributed by atoms with van der Waals surface area (Å²) in [6.45, 7) is 0. The first kappa shape index (κ1) is 11.0. The van der Waals surface area contributed by atoms with E-state index in [1.54, 1.807) is 18.2 Å². The molecule has 14 heavy (non-hydrogen) atoms. The number of nitrogens with one attached hydrogen (secondary N) is 1. The number of carbonyl (C=O) groups excluding carboxylic acids is 1. The second-order valence-electron chi connectivity index (χ2n) is 2.78. The molecule has 0 unspecified atom stereocenters. The zero-order chi connectivity index (χ0) is 10.7. The molecule has 0 bridgehead atoms. The molecule has 0 fully saturated rings. The number of nitrogens with two attached hydrogens (primary N) is 1. The van der Waals surface area contributed by atoms with E-state index in [1.165, 1.54) is 0 Å². The maximum Gasteiger partial charge on any atom is 0.223 e. The van der Waals surface area contributed by atoms with E-state index in [9.17, 15) is 4.79 Å². The van der Waals surface area contributed by atoms with Crippen LogP contribution in [0.3, 0.4) is 0 Å². The fraction of sp³-hybridized carbons (Fsp3) is 0.111. The number of rotatable bonds is 3. The fourth-order valence-electron chi connectivity index (χ4n) is 1.00. The Morgan fingerprint density at radius 3 is 2.21 bits per heavy atom. The van der Waals surface area contributed by atoms with Crippen LogP contribution in [0.5, 0.6) is 0 Å². The molecule has 0 aromatic heterocycles. The van der Waals surface area contributed by atoms with Gasteiger partial charge in [-0.3, -0.25) is 4.79 Å². The summed E-state index contributed by atoms with van der Waals surface area (Å²) in [6.07, 6.45) is -0.114. The smallest absolute Gasteiger partial charge is 0.223 e. The Bertz CT molecular complexity index is 370. The molecule has 1 aromatic carbocycles. The van der Waals surface area contributed by atoms with Crippen LogP contribution in [0.2, 0.25) is 10.0 Å². The van der Waals surface area contributed by atoms with Gasteiger partial charge in [-0.05, 0) is 23.8 Å². The van der Waals surface area contributed by atoms with Crippen molar-refractivity contribution in [3.05, 3.63) is 33.8 Å². The van der Waals surface area contributed by atoms with Gasteiger partial charge in [-0.25, -0.2) is 0 Å². The standard InChI is InChI=1S/C9H8Cl2N2O/c10-6-1-5(2-7(11)3-6)8(12)4-9(13)14/h1-3,12H,4H2,(H2,13,14). The number of benzene rings is 1. The summed E-state index contributed by atoms with van der Waals surface area (Å²) in [6, 6.07) is 4.70. The van der Waals surface area contributed by atoms with Crippen molar-refractivity contribution in [1.82, 2.24) is 0 Å². The van der Waals surface area contributed by atoms with Crippen molar-refractivity contribution in [3.63, 3.8) is 0 Å². The van der Waals surface area contributed by atoms with Crippen LogP contribution in [0, 0.1) is 5.41 Å². The first-order valence-corrected chi connectivity index (χ1v) is 4.57. The first-order valence-electron chi connectivity index (χ1n) is 3.81. The van der Waals surface area contributed by atoms with Gasteiger partial charge >= 0.3 is 0 Å². The molecule has 0 heterocycles. The van der Waals surface area contributed by atoms with E-state index in [1.807, 2.05) is 0 Å². The van der Waals surface area contributed by atoms with Crippen LogP contribution in [0.1, 0.15) is 12.0 Å². The van der Waals surface area contributed by atoms with Crippen LogP contribution >= 0.6 is 23.2 Å². The van der Waals surface area contributed by atoms with Crippen LogP contribution in [-0.2, 0) is 4.79 Å². The minimum absolute atomic E-state index is 0.113. The Morgan fingerprint density at radius 2 is 1.79 bits per heavy atom. The molecule has 5 heteroatoms. The number of hydrogen-bond donors (Lipinski definition) is 2. The molecule has 0 aliphatic heterocycles. The predicted molar refractivity (Wildman–Crippen MR) is 57.1 cm³/mol. The van der Waals surface area contributed by atoms with Crippen molar-refractivity contribution < 1.29 is 4.79 Å². The van der Waals surface area contributed by atoms with Crippen molar-refractivity contribution in [2.45, 2.75) is 6.42 Å². The molecule has 74 valence electrons. The molecular formula is C9H8Cl2N2O. The summed E-state index contributed by atoms with van der Waals surface area (Å²) in [7, 11) is 0. The zero-order valence-corrected chi connectivity index (χ0v) is 8.69. The highest BCUT2D eigenvalue weighted by Gasteiger charge is 2.06. The minimum Gasteiger partial charge on any atom is -0.369 e. The van der Waals surface area contributed by atoms with Crippen LogP contribution in [0.4, 0.5) is 0 Å². The normalized spacial score (nSPS) is 9.86. The Hall–Kier alpha value is -1.06. The van der Waals surface area contributed by atoms with E-state index < -0.39 is 5.91 Å². The predicted octanol–water partition coefficient (Wildman–Crippen LogP) is 2.24. The summed E-state index contributed by atoms with van der Waals surface area (Å²) in [5.74, 6) is -0.550. The van der Waals surface area contributed by atoms with Crippen molar-refractivity contribution >= 4 is 34.8 Å². The lowest BCUT2D eigenvalue weighted by Crippen LogP contribution is -2.16. The van der Waals surface area contributed by atoms with Crippen molar-refractivity contribution in [3.8, 4) is 0 Å². The molecule has 0 saturated heterocycles. The van der Waals surface area contributed by atoms with Gasteiger partial charge in [-0.15, -0.1) is 0 Å². The van der Waals surface area contributed by atoms with Gasteiger partial charge in [0.25, 0.3) is 0 Å². The summed E-state index contributed by atoms with van der Waals surface area (Å²) >= 11 is 11.5. The summed E-state index contributed by atoms with van der Waals surface area (Å²) < 4.78 is 0. The third kappa shape index (κ3) is 3.01. The maximum atomic E-state index is 10.6. The van der Waals surface area contributed by atoms with Gasteiger partial charge in [0.1, 0.15) is 0 Å². The highest BCUT2D eigenvalue weighted by molar-refractivity contribution is 6.35. The first-order chi connectivity index (χ1) is 6.49. The Morgan fingerprint density at radius 1 is 1.29 bits per heavy atom. The lowest BCUT2D eigenvalue weighted by molar-refractivity contribution is -0.116. The van der Waals surface area contributed by atoms with Gasteiger partial charge in [-0.1, -0.05) is 23.2 Å². The molecule has 1 amide bonds. The van der Waals surface area contributed by atoms with E-state index in [4.69, 9.17) is 34.3 Å². The molecular weight excluding hydrogens is 223 g/mol. The molecule has 0 aliphatic rings. The molecule has 0 spiro atoms. The van der Waals surface area contributed by atoms with Gasteiger partial charge < -0.3 is 11.1 Å². The highest BCUT2D eigenvalue weighted by Crippen LogP contribution is 2.19. The van der Waals surface area contributed by atoms with Crippen molar-refractivity contribution in [1.29, 1.82) is 5.41 Å². The van der Waals surface area contributed by atoms with E-state index in [2.05, 4.69) is 0 Å². The third-order valence-corrected chi connectivity index (χ3v) is 2.00. The summed E-state index contributed by atoms with van der Waals surface area (Å²) in [5, 5.41) is 8.40. The monoisotopic (exact) mass is 230 g/mol. The summed E-state index contributed by atoms with van der Waals surface area (Å²) in [4.78, 5) is 10.6. The molecule has 0 aliphatic carbocycles. The largest absolute Gasteiger partial charge is 0.369 e. The summed E-state index contributed by atoms with van der Waals surface area (Å²) in [5.41, 5.74) is 5.59. The molecule has 0 saturated carbocycles. The van der Waals surface area contributed by atoms with Gasteiger partial charge in [-0.2, -0.15) is 0 Å². The lowest BCUT2D eigenvalue weighted by atomic mass is 10.1. The lowest BCUT2D eigenvalue weighted by Gasteiger charge is -2.03. The number of hydrogen-bond acceptors (Lipinski definition) is 2. The maximum absolute atomic E-state index is 10.6. The SMILES string of the molecule is N=C(CC(N)=O)c1cc(Cl)cc(Cl)c1. The number of halogens is 2. The second-order valence-corrected chi connectivity index (χ2v) is 3.65. The average Bonchev–Trinajstić information content (AvgIpc) is 2.00. The van der Waals surface area contributed by atoms with Crippen LogP contribution in [-0.4, -0.2) is 11.6 Å². The van der Waals surface area contributed by atoms with Gasteiger partial charge in [0.05, 0.1) is 6.42 Å². The topological polar surface area (TPSA) is 66.9 Å². The van der Waals surface area contributed by atoms with Crippen LogP contribution in [0.25, 0.3) is 0 Å². The van der Waals surface area contributed by atoms with Crippen LogP contribution < -0.4 is 5.73 Å². The molecule has 3 nitrogen and oxygen atoms in total. The Labute approximate surface area is 91.3 Å². The molecule has 3 N–H and O–H groups in total. The number of primary amides is 1. The molecule has 0 atom stereocenters. The minimum atomic E-state index is -0.550. The van der Waals surface area contributed by atoms with E-state index in [0.29, 0.717) is 15.6 Å². The van der Waals surface area contributed by atoms with E-state index in [0.717, 1.165) is 0 Å². The quantitative estimate of drug-likeness (QED) is 0.769. The van der Waals surface area contributed by atoms with Crippen LogP contribution in [0.15, 0.2) is 18.2 Å². The Kier molecular flexibility index (Phi) is 3.49. The van der Waals surface area contributed by atoms with E-state index in [-0.39, 0.29) is 12.1 Å². The van der Waals surface area contributed by atoms with Crippen molar-refractivity contribution in [2.75, 3.05) is 0 Å². The highest BCUT2D eigenvalue weighted by atomic mass is 35.5. The average molecular weight is 231 g/mol. The van der Waals surface area contributed by atoms with Gasteiger partial charge in [0.15, 0.2) is 0 Å². The van der Waals surface area contributed by atoms with Gasteiger partial charge in [0.2, 0.25) is 5.91 Å². The van der Waals surface area contributed by atoms with Gasteiger partial charge in [0, 0.05) is 15.8 Å². The van der Waals surface area contributed by atoms with E-state index >= 15 is 0 Å². The number of amides is 1. The molecule has 0 radical (unpaired) electrons. The second kappa shape index (κ2) is 4.44. The fourth-order valence-corrected chi connectivity index (χ4v) is 1.53.